The van der Waals surface area contributed by atoms with E-state index in [0.717, 1.165) is 0 Å². The van der Waals surface area contributed by atoms with Crippen molar-refractivity contribution in [3.05, 3.63) is 27.7 Å². The van der Waals surface area contributed by atoms with Gasteiger partial charge in [-0.25, -0.2) is 4.79 Å². The number of nitrogens with two attached hydrogens (primary N) is 1. The molecule has 1 aromatic carbocycles. The van der Waals surface area contributed by atoms with Crippen LogP contribution in [0.2, 0.25) is 10.0 Å². The molecule has 120 valence electrons. The number of benzene rings is 1. The first-order chi connectivity index (χ1) is 10.2. The minimum Gasteiger partial charge on any atom is -0.452 e. The van der Waals surface area contributed by atoms with Crippen LogP contribution in [0, 0.1) is 0 Å². The Kier molecular flexibility index (Phi) is 6.45. The van der Waals surface area contributed by atoms with Crippen LogP contribution in [0.3, 0.4) is 0 Å². The van der Waals surface area contributed by atoms with E-state index in [1.165, 1.54) is 17.0 Å². The molecule has 0 radical (unpaired) electrons. The Morgan fingerprint density at radius 1 is 1.27 bits per heavy atom. The van der Waals surface area contributed by atoms with Crippen molar-refractivity contribution in [2.24, 2.45) is 0 Å². The van der Waals surface area contributed by atoms with Crippen molar-refractivity contribution in [1.29, 1.82) is 0 Å². The molecule has 3 N–H and O–H groups in total. The maximum absolute atomic E-state index is 11.8. The number of amides is 2. The number of rotatable bonds is 5. The Morgan fingerprint density at radius 3 is 2.50 bits per heavy atom. The van der Waals surface area contributed by atoms with E-state index in [4.69, 9.17) is 33.7 Å². The van der Waals surface area contributed by atoms with Crippen LogP contribution in [0.25, 0.3) is 0 Å². The first-order valence-corrected chi connectivity index (χ1v) is 6.86. The number of carbonyl (C=O) groups is 3. The van der Waals surface area contributed by atoms with Gasteiger partial charge >= 0.3 is 5.97 Å². The van der Waals surface area contributed by atoms with Gasteiger partial charge < -0.3 is 20.7 Å². The minimum atomic E-state index is -0.837. The van der Waals surface area contributed by atoms with Crippen LogP contribution in [0.15, 0.2) is 12.1 Å². The molecule has 0 aliphatic carbocycles. The lowest BCUT2D eigenvalue weighted by Crippen LogP contribution is -2.38. The van der Waals surface area contributed by atoms with Crippen LogP contribution in [0.4, 0.5) is 5.69 Å². The van der Waals surface area contributed by atoms with Crippen LogP contribution >= 0.6 is 23.2 Å². The second kappa shape index (κ2) is 7.86. The van der Waals surface area contributed by atoms with E-state index >= 15 is 0 Å². The number of halogens is 2. The molecule has 2 amide bonds. The topological polar surface area (TPSA) is 102 Å². The number of likely N-dealkylation sites (N-methyl/N-ethyl adjacent to an activating group) is 1. The van der Waals surface area contributed by atoms with Gasteiger partial charge in [-0.3, -0.25) is 9.59 Å². The summed E-state index contributed by atoms with van der Waals surface area (Å²) in [7, 11) is 3.11. The molecule has 0 unspecified atom stereocenters. The van der Waals surface area contributed by atoms with Gasteiger partial charge in [0.25, 0.3) is 5.91 Å². The molecule has 0 aliphatic rings. The minimum absolute atomic E-state index is 0.0132. The van der Waals surface area contributed by atoms with E-state index in [9.17, 15) is 14.4 Å². The van der Waals surface area contributed by atoms with Gasteiger partial charge in [0.2, 0.25) is 5.91 Å². The third kappa shape index (κ3) is 5.09. The van der Waals surface area contributed by atoms with Gasteiger partial charge in [-0.2, -0.15) is 0 Å². The molecule has 0 heterocycles. The molecule has 0 fully saturated rings. The molecule has 22 heavy (non-hydrogen) atoms. The second-order valence-electron chi connectivity index (χ2n) is 4.49. The highest BCUT2D eigenvalue weighted by Crippen LogP contribution is 2.27. The monoisotopic (exact) mass is 347 g/mol. The summed E-state index contributed by atoms with van der Waals surface area (Å²) in [5.74, 6) is -1.74. The number of nitrogens with one attached hydrogen (secondary N) is 1. The summed E-state index contributed by atoms with van der Waals surface area (Å²) < 4.78 is 4.80. The fourth-order valence-electron chi connectivity index (χ4n) is 1.35. The van der Waals surface area contributed by atoms with Crippen molar-refractivity contribution in [2.45, 2.75) is 0 Å². The van der Waals surface area contributed by atoms with Gasteiger partial charge in [0.15, 0.2) is 6.61 Å². The number of hydrogen-bond acceptors (Lipinski definition) is 5. The fourth-order valence-corrected chi connectivity index (χ4v) is 1.84. The van der Waals surface area contributed by atoms with E-state index in [1.54, 1.807) is 14.1 Å². The Labute approximate surface area is 137 Å². The number of nitrogens with zero attached hydrogens (tertiary/aromatic N) is 1. The van der Waals surface area contributed by atoms with Crippen molar-refractivity contribution < 1.29 is 19.1 Å². The van der Waals surface area contributed by atoms with Gasteiger partial charge in [-0.1, -0.05) is 23.2 Å². The SMILES string of the molecule is CN(C)C(=O)CNC(=O)COC(=O)c1cc(Cl)cc(Cl)c1N. The summed E-state index contributed by atoms with van der Waals surface area (Å²) in [5, 5.41) is 2.64. The third-order valence-corrected chi connectivity index (χ3v) is 3.12. The number of nitrogen functional groups attached to an aromatic ring is 1. The zero-order valence-electron chi connectivity index (χ0n) is 12.0. The summed E-state index contributed by atoms with van der Waals surface area (Å²) in [6, 6.07) is 2.67. The summed E-state index contributed by atoms with van der Waals surface area (Å²) in [5.41, 5.74) is 5.63. The predicted molar refractivity (Wildman–Crippen MR) is 82.9 cm³/mol. The van der Waals surface area contributed by atoms with E-state index in [-0.39, 0.29) is 33.7 Å². The van der Waals surface area contributed by atoms with Crippen LogP contribution < -0.4 is 11.1 Å². The first-order valence-electron chi connectivity index (χ1n) is 6.11. The fraction of sp³-hybridized carbons (Fsp3) is 0.308. The predicted octanol–water partition coefficient (Wildman–Crippen LogP) is 0.937. The van der Waals surface area contributed by atoms with E-state index < -0.39 is 18.5 Å². The molecule has 9 heteroatoms. The smallest absolute Gasteiger partial charge is 0.340 e. The van der Waals surface area contributed by atoms with Crippen LogP contribution in [-0.2, 0) is 14.3 Å². The molecule has 1 rings (SSSR count). The molecule has 0 aliphatic heterocycles. The molecular formula is C13H15Cl2N3O4. The number of ether oxygens (including phenoxy) is 1. The lowest BCUT2D eigenvalue weighted by Gasteiger charge is -2.11. The quantitative estimate of drug-likeness (QED) is 0.609. The van der Waals surface area contributed by atoms with Gasteiger partial charge in [0, 0.05) is 19.1 Å². The van der Waals surface area contributed by atoms with Crippen molar-refractivity contribution in [3.8, 4) is 0 Å². The van der Waals surface area contributed by atoms with Crippen LogP contribution in [0.1, 0.15) is 10.4 Å². The highest BCUT2D eigenvalue weighted by Gasteiger charge is 2.17. The summed E-state index contributed by atoms with van der Waals surface area (Å²) >= 11 is 11.6. The van der Waals surface area contributed by atoms with Gasteiger partial charge in [0.05, 0.1) is 22.8 Å². The number of esters is 1. The normalized spacial score (nSPS) is 10.0. The molecule has 0 bridgehead atoms. The molecule has 7 nitrogen and oxygen atoms in total. The molecular weight excluding hydrogens is 333 g/mol. The molecule has 0 saturated carbocycles. The number of hydrogen-bond donors (Lipinski definition) is 2. The highest BCUT2D eigenvalue weighted by molar-refractivity contribution is 6.37. The van der Waals surface area contributed by atoms with Gasteiger partial charge in [0.1, 0.15) is 0 Å². The maximum Gasteiger partial charge on any atom is 0.340 e. The Hall–Kier alpha value is -1.99. The maximum atomic E-state index is 11.8. The molecule has 0 saturated heterocycles. The number of carbonyl (C=O) groups excluding carboxylic acids is 3. The zero-order valence-corrected chi connectivity index (χ0v) is 13.5. The summed E-state index contributed by atoms with van der Waals surface area (Å²) in [4.78, 5) is 35.9. The van der Waals surface area contributed by atoms with E-state index in [1.807, 2.05) is 0 Å². The molecule has 0 spiro atoms. The average molecular weight is 348 g/mol. The van der Waals surface area contributed by atoms with E-state index in [0.29, 0.717) is 0 Å². The Morgan fingerprint density at radius 2 is 1.91 bits per heavy atom. The zero-order chi connectivity index (χ0) is 16.9. The standard InChI is InChI=1S/C13H15Cl2N3O4/c1-18(2)11(20)5-17-10(19)6-22-13(21)8-3-7(14)4-9(15)12(8)16/h3-4H,5-6,16H2,1-2H3,(H,17,19). The van der Waals surface area contributed by atoms with Crippen LogP contribution in [-0.4, -0.2) is 49.9 Å². The van der Waals surface area contributed by atoms with Crippen molar-refractivity contribution in [1.82, 2.24) is 10.2 Å². The Bertz CT molecular complexity index is 605. The lowest BCUT2D eigenvalue weighted by atomic mass is 10.2. The summed E-state index contributed by atoms with van der Waals surface area (Å²) in [6.45, 7) is -0.738. The van der Waals surface area contributed by atoms with Crippen molar-refractivity contribution in [2.75, 3.05) is 33.0 Å². The third-order valence-electron chi connectivity index (χ3n) is 2.58. The second-order valence-corrected chi connectivity index (χ2v) is 5.33. The molecule has 0 aromatic heterocycles. The summed E-state index contributed by atoms with van der Waals surface area (Å²) in [6.07, 6.45) is 0. The van der Waals surface area contributed by atoms with Crippen molar-refractivity contribution in [3.63, 3.8) is 0 Å². The molecule has 0 atom stereocenters. The average Bonchev–Trinajstić information content (AvgIpc) is 2.45. The first kappa shape index (κ1) is 18.1. The Balaban J connectivity index is 2.56. The van der Waals surface area contributed by atoms with Gasteiger partial charge in [-0.05, 0) is 12.1 Å². The largest absolute Gasteiger partial charge is 0.452 e. The van der Waals surface area contributed by atoms with Gasteiger partial charge in [-0.15, -0.1) is 0 Å². The lowest BCUT2D eigenvalue weighted by molar-refractivity contribution is -0.131. The molecule has 1 aromatic rings. The highest BCUT2D eigenvalue weighted by atomic mass is 35.5. The van der Waals surface area contributed by atoms with Crippen molar-refractivity contribution >= 4 is 46.7 Å². The number of anilines is 1. The van der Waals surface area contributed by atoms with Crippen LogP contribution in [0.5, 0.6) is 0 Å². The van der Waals surface area contributed by atoms with E-state index in [2.05, 4.69) is 5.32 Å².